The van der Waals surface area contributed by atoms with Crippen LogP contribution in [-0.2, 0) is 0 Å². The predicted octanol–water partition coefficient (Wildman–Crippen LogP) is 3.35. The molecule has 88 valence electrons. The summed E-state index contributed by atoms with van der Waals surface area (Å²) in [5.74, 6) is 0. The van der Waals surface area contributed by atoms with Crippen molar-refractivity contribution in [2.75, 3.05) is 0 Å². The van der Waals surface area contributed by atoms with Crippen LogP contribution >= 0.6 is 0 Å². The molecule has 0 fully saturated rings. The number of aromatic amines is 1. The van der Waals surface area contributed by atoms with Gasteiger partial charge >= 0.3 is 0 Å². The quantitative estimate of drug-likeness (QED) is 0.693. The van der Waals surface area contributed by atoms with E-state index in [1.165, 1.54) is 5.56 Å². The summed E-state index contributed by atoms with van der Waals surface area (Å²) in [6.45, 7) is 2.06. The van der Waals surface area contributed by atoms with Crippen molar-refractivity contribution < 1.29 is 4.79 Å². The summed E-state index contributed by atoms with van der Waals surface area (Å²) in [7, 11) is 0. The lowest BCUT2D eigenvalue weighted by Crippen LogP contribution is -1.87. The number of fused-ring (bicyclic) bond motifs is 1. The minimum absolute atomic E-state index is 0.687. The van der Waals surface area contributed by atoms with E-state index in [1.807, 2.05) is 30.5 Å². The monoisotopic (exact) mass is 236 g/mol. The highest BCUT2D eigenvalue weighted by Gasteiger charge is 2.09. The molecule has 0 spiro atoms. The summed E-state index contributed by atoms with van der Waals surface area (Å²) in [4.78, 5) is 10.9. The third kappa shape index (κ3) is 1.61. The molecular weight excluding hydrogens is 224 g/mol. The second-order valence-corrected chi connectivity index (χ2v) is 4.33. The predicted molar refractivity (Wildman–Crippen MR) is 71.7 cm³/mol. The van der Waals surface area contributed by atoms with E-state index in [0.717, 1.165) is 28.3 Å². The summed E-state index contributed by atoms with van der Waals surface area (Å²) in [6.07, 6.45) is 2.69. The summed E-state index contributed by atoms with van der Waals surface area (Å²) >= 11 is 0. The van der Waals surface area contributed by atoms with Gasteiger partial charge in [0.2, 0.25) is 0 Å². The Hall–Kier alpha value is -2.42. The van der Waals surface area contributed by atoms with E-state index in [1.54, 1.807) is 6.07 Å². The average molecular weight is 236 g/mol. The van der Waals surface area contributed by atoms with Gasteiger partial charge in [0.25, 0.3) is 0 Å². The number of H-pyrrole nitrogens is 1. The topological polar surface area (TPSA) is 45.8 Å². The van der Waals surface area contributed by atoms with Gasteiger partial charge in [-0.1, -0.05) is 24.3 Å². The fourth-order valence-electron chi connectivity index (χ4n) is 2.28. The van der Waals surface area contributed by atoms with Gasteiger partial charge < -0.3 is 0 Å². The van der Waals surface area contributed by atoms with Crippen molar-refractivity contribution in [1.29, 1.82) is 0 Å². The van der Waals surface area contributed by atoms with Crippen LogP contribution in [0.2, 0.25) is 0 Å². The summed E-state index contributed by atoms with van der Waals surface area (Å²) < 4.78 is 0. The first-order valence-electron chi connectivity index (χ1n) is 5.78. The van der Waals surface area contributed by atoms with Crippen LogP contribution in [-0.4, -0.2) is 16.5 Å². The van der Waals surface area contributed by atoms with Crippen molar-refractivity contribution in [2.45, 2.75) is 6.92 Å². The number of aromatic nitrogens is 2. The summed E-state index contributed by atoms with van der Waals surface area (Å²) in [5, 5.41) is 8.12. The lowest BCUT2D eigenvalue weighted by Gasteiger charge is -2.08. The van der Waals surface area contributed by atoms with Gasteiger partial charge in [0.05, 0.1) is 11.7 Å². The van der Waals surface area contributed by atoms with Crippen molar-refractivity contribution in [3.63, 3.8) is 0 Å². The number of hydrogen-bond acceptors (Lipinski definition) is 2. The van der Waals surface area contributed by atoms with E-state index in [9.17, 15) is 4.79 Å². The van der Waals surface area contributed by atoms with Crippen LogP contribution in [0.15, 0.2) is 42.6 Å². The zero-order chi connectivity index (χ0) is 12.5. The van der Waals surface area contributed by atoms with Gasteiger partial charge in [-0.15, -0.1) is 0 Å². The molecule has 0 aliphatic rings. The number of hydrogen-bond donors (Lipinski definition) is 1. The number of aldehydes is 1. The standard InChI is InChI=1S/C15H12N2O/c1-10-5-6-14-13(8-16-17-14)15(10)12-4-2-3-11(7-12)9-18/h2-9H,1H3,(H,16,17). The van der Waals surface area contributed by atoms with Crippen LogP contribution in [0, 0.1) is 6.92 Å². The van der Waals surface area contributed by atoms with Gasteiger partial charge in [-0.2, -0.15) is 5.10 Å². The van der Waals surface area contributed by atoms with Crippen LogP contribution in [0.25, 0.3) is 22.0 Å². The first-order valence-corrected chi connectivity index (χ1v) is 5.78. The summed E-state index contributed by atoms with van der Waals surface area (Å²) in [6, 6.07) is 11.7. The molecule has 2 aromatic carbocycles. The van der Waals surface area contributed by atoms with Gasteiger partial charge in [-0.25, -0.2) is 0 Å². The molecule has 0 amide bonds. The normalized spacial score (nSPS) is 10.7. The highest BCUT2D eigenvalue weighted by Crippen LogP contribution is 2.31. The number of rotatable bonds is 2. The molecule has 18 heavy (non-hydrogen) atoms. The Morgan fingerprint density at radius 3 is 2.94 bits per heavy atom. The molecule has 1 N–H and O–H groups in total. The summed E-state index contributed by atoms with van der Waals surface area (Å²) in [5.41, 5.74) is 5.04. The Bertz CT molecular complexity index is 728. The maximum atomic E-state index is 10.9. The largest absolute Gasteiger partial charge is 0.298 e. The number of aryl methyl sites for hydroxylation is 1. The zero-order valence-corrected chi connectivity index (χ0v) is 9.97. The minimum Gasteiger partial charge on any atom is -0.298 e. The second kappa shape index (κ2) is 4.11. The number of carbonyl (C=O) groups excluding carboxylic acids is 1. The van der Waals surface area contributed by atoms with Crippen LogP contribution in [0.1, 0.15) is 15.9 Å². The van der Waals surface area contributed by atoms with Crippen LogP contribution < -0.4 is 0 Å². The zero-order valence-electron chi connectivity index (χ0n) is 9.97. The number of benzene rings is 2. The Labute approximate surface area is 104 Å². The molecule has 0 aliphatic heterocycles. The van der Waals surface area contributed by atoms with Crippen LogP contribution in [0.5, 0.6) is 0 Å². The van der Waals surface area contributed by atoms with Gasteiger partial charge in [0.15, 0.2) is 0 Å². The molecule has 0 saturated heterocycles. The van der Waals surface area contributed by atoms with Crippen molar-refractivity contribution in [2.24, 2.45) is 0 Å². The number of nitrogens with one attached hydrogen (secondary N) is 1. The van der Waals surface area contributed by atoms with E-state index in [0.29, 0.717) is 5.56 Å². The van der Waals surface area contributed by atoms with Crippen molar-refractivity contribution in [3.05, 3.63) is 53.7 Å². The molecule has 0 unspecified atom stereocenters. The van der Waals surface area contributed by atoms with E-state index < -0.39 is 0 Å². The molecule has 0 radical (unpaired) electrons. The molecule has 3 aromatic rings. The fraction of sp³-hybridized carbons (Fsp3) is 0.0667. The maximum absolute atomic E-state index is 10.9. The molecule has 0 aliphatic carbocycles. The van der Waals surface area contributed by atoms with Crippen molar-refractivity contribution in [1.82, 2.24) is 10.2 Å². The highest BCUT2D eigenvalue weighted by molar-refractivity contribution is 5.96. The average Bonchev–Trinajstić information content (AvgIpc) is 2.87. The Kier molecular flexibility index (Phi) is 2.45. The Balaban J connectivity index is 2.32. The van der Waals surface area contributed by atoms with E-state index in [2.05, 4.69) is 23.2 Å². The Morgan fingerprint density at radius 2 is 2.11 bits per heavy atom. The third-order valence-corrected chi connectivity index (χ3v) is 3.14. The van der Waals surface area contributed by atoms with Crippen LogP contribution in [0.3, 0.4) is 0 Å². The van der Waals surface area contributed by atoms with E-state index in [-0.39, 0.29) is 0 Å². The molecule has 0 bridgehead atoms. The SMILES string of the molecule is Cc1ccc2[nH]ncc2c1-c1cccc(C=O)c1. The molecule has 1 aromatic heterocycles. The van der Waals surface area contributed by atoms with E-state index in [4.69, 9.17) is 0 Å². The molecule has 1 heterocycles. The van der Waals surface area contributed by atoms with Gasteiger partial charge in [-0.05, 0) is 35.7 Å². The molecule has 0 atom stereocenters. The van der Waals surface area contributed by atoms with Crippen LogP contribution in [0.4, 0.5) is 0 Å². The van der Waals surface area contributed by atoms with E-state index >= 15 is 0 Å². The van der Waals surface area contributed by atoms with Gasteiger partial charge in [0.1, 0.15) is 6.29 Å². The molecule has 3 rings (SSSR count). The molecule has 0 saturated carbocycles. The van der Waals surface area contributed by atoms with Gasteiger partial charge in [-0.3, -0.25) is 9.89 Å². The molecule has 3 heteroatoms. The smallest absolute Gasteiger partial charge is 0.150 e. The second-order valence-electron chi connectivity index (χ2n) is 4.33. The number of nitrogens with zero attached hydrogens (tertiary/aromatic N) is 1. The molecule has 3 nitrogen and oxygen atoms in total. The minimum atomic E-state index is 0.687. The Morgan fingerprint density at radius 1 is 1.22 bits per heavy atom. The lowest BCUT2D eigenvalue weighted by atomic mass is 9.96. The first-order chi connectivity index (χ1) is 8.79. The number of carbonyl (C=O) groups is 1. The third-order valence-electron chi connectivity index (χ3n) is 3.14. The highest BCUT2D eigenvalue weighted by atomic mass is 16.1. The molecular formula is C15H12N2O. The van der Waals surface area contributed by atoms with Crippen molar-refractivity contribution >= 4 is 17.2 Å². The maximum Gasteiger partial charge on any atom is 0.150 e. The van der Waals surface area contributed by atoms with Crippen molar-refractivity contribution in [3.8, 4) is 11.1 Å². The van der Waals surface area contributed by atoms with Gasteiger partial charge in [0, 0.05) is 10.9 Å². The lowest BCUT2D eigenvalue weighted by molar-refractivity contribution is 0.112. The fourth-order valence-corrected chi connectivity index (χ4v) is 2.28. The first kappa shape index (κ1) is 10.7.